The van der Waals surface area contributed by atoms with Crippen LogP contribution < -0.4 is 0 Å². The number of Topliss-reactive ketones (excluding diaryl/α,β-unsaturated/α-hetero) is 1. The first-order valence-corrected chi connectivity index (χ1v) is 12.7. The Hall–Kier alpha value is -3.21. The van der Waals surface area contributed by atoms with Crippen molar-refractivity contribution in [3.63, 3.8) is 0 Å². The summed E-state index contributed by atoms with van der Waals surface area (Å²) in [7, 11) is -4.74. The van der Waals surface area contributed by atoms with E-state index >= 15 is 0 Å². The molecule has 3 rings (SSSR count). The average Bonchev–Trinajstić information content (AvgIpc) is 3.21. The lowest BCUT2D eigenvalue weighted by atomic mass is 9.89. The van der Waals surface area contributed by atoms with Gasteiger partial charge in [0.05, 0.1) is 0 Å². The van der Waals surface area contributed by atoms with Crippen molar-refractivity contribution in [2.45, 2.75) is 70.4 Å². The van der Waals surface area contributed by atoms with Crippen LogP contribution in [0.2, 0.25) is 0 Å². The molecule has 0 radical (unpaired) electrons. The maximum atomic E-state index is 13.4. The van der Waals surface area contributed by atoms with Crippen molar-refractivity contribution in [2.75, 3.05) is 0 Å². The molecule has 3 aromatic rings. The lowest BCUT2D eigenvalue weighted by Gasteiger charge is -2.21. The van der Waals surface area contributed by atoms with Gasteiger partial charge in [0.2, 0.25) is 5.71 Å². The van der Waals surface area contributed by atoms with Crippen LogP contribution in [0, 0.1) is 0 Å². The van der Waals surface area contributed by atoms with Crippen LogP contribution in [0.3, 0.4) is 0 Å². The Morgan fingerprint density at radius 1 is 0.972 bits per heavy atom. The van der Waals surface area contributed by atoms with Crippen LogP contribution in [0.15, 0.2) is 50.9 Å². The maximum Gasteiger partial charge on any atom is 0.456 e. The van der Waals surface area contributed by atoms with Gasteiger partial charge in [0.1, 0.15) is 10.4 Å². The van der Waals surface area contributed by atoms with E-state index in [-0.39, 0.29) is 33.7 Å². The Balaban J connectivity index is 2.19. The molecule has 0 aliphatic rings. The van der Waals surface area contributed by atoms with Crippen LogP contribution in [0.5, 0.6) is 0 Å². The summed E-state index contributed by atoms with van der Waals surface area (Å²) in [5.41, 5.74) is 0.622. The van der Waals surface area contributed by atoms with E-state index in [9.17, 15) is 26.4 Å². The lowest BCUT2D eigenvalue weighted by molar-refractivity contribution is -0.163. The molecule has 2 aromatic carbocycles. The highest BCUT2D eigenvalue weighted by Crippen LogP contribution is 2.36. The molecular weight excluding hydrogens is 497 g/mol. The summed E-state index contributed by atoms with van der Waals surface area (Å²) in [6.45, 7) is 11.1. The van der Waals surface area contributed by atoms with Crippen LogP contribution in [-0.2, 0) is 19.2 Å². The molecule has 0 aliphatic heterocycles. The quantitative estimate of drug-likeness (QED) is 0.248. The van der Waals surface area contributed by atoms with Crippen molar-refractivity contribution in [3.05, 3.63) is 59.0 Å². The molecule has 7 nitrogen and oxygen atoms in total. The number of ketones is 1. The van der Waals surface area contributed by atoms with Crippen LogP contribution in [0.4, 0.5) is 13.2 Å². The van der Waals surface area contributed by atoms with Gasteiger partial charge in [-0.05, 0) is 46.6 Å². The minimum absolute atomic E-state index is 0.0893. The molecule has 0 bridgehead atoms. The number of halogens is 3. The number of carbonyl (C=O) groups excluding carboxylic acids is 1. The summed E-state index contributed by atoms with van der Waals surface area (Å²) in [6, 6.07) is 9.49. The van der Waals surface area contributed by atoms with Gasteiger partial charge in [-0.1, -0.05) is 71.0 Å². The minimum atomic E-state index is -5.38. The van der Waals surface area contributed by atoms with E-state index in [2.05, 4.69) is 10.1 Å². The van der Waals surface area contributed by atoms with Crippen LogP contribution >= 0.6 is 0 Å². The number of aromatic nitrogens is 1. The normalized spacial score (nSPS) is 13.3. The second-order valence-corrected chi connectivity index (χ2v) is 10.7. The number of rotatable bonds is 8. The number of para-hydroxylation sites is 2. The number of hydrogen-bond donors (Lipinski definition) is 0. The number of fused-ring (bicyclic) bond motifs is 1. The summed E-state index contributed by atoms with van der Waals surface area (Å²) < 4.78 is 76.8. The first-order chi connectivity index (χ1) is 16.6. The Kier molecular flexibility index (Phi) is 7.64. The number of benzene rings is 2. The number of carbonyl (C=O) groups is 1. The molecule has 0 fully saturated rings. The topological polar surface area (TPSA) is 98.8 Å². The number of oxazole rings is 1. The molecule has 0 atom stereocenters. The van der Waals surface area contributed by atoms with Gasteiger partial charge in [0, 0.05) is 0 Å². The predicted molar refractivity (Wildman–Crippen MR) is 129 cm³/mol. The van der Waals surface area contributed by atoms with Crippen LogP contribution in [0.1, 0.15) is 81.9 Å². The Bertz CT molecular complexity index is 1360. The molecule has 0 unspecified atom stereocenters. The number of alkyl halides is 3. The highest BCUT2D eigenvalue weighted by molar-refractivity contribution is 7.86. The fourth-order valence-corrected chi connectivity index (χ4v) is 5.00. The molecule has 0 amide bonds. The summed E-state index contributed by atoms with van der Waals surface area (Å²) in [5.74, 6) is -3.67. The zero-order valence-corrected chi connectivity index (χ0v) is 21.5. The van der Waals surface area contributed by atoms with E-state index in [1.807, 2.05) is 13.8 Å². The second kappa shape index (κ2) is 10.0. The zero-order valence-electron chi connectivity index (χ0n) is 20.7. The van der Waals surface area contributed by atoms with Gasteiger partial charge in [-0.15, -0.1) is 0 Å². The molecule has 194 valence electrons. The smallest absolute Gasteiger partial charge is 0.435 e. The maximum absolute atomic E-state index is 13.4. The van der Waals surface area contributed by atoms with E-state index in [0.717, 1.165) is 5.56 Å². The molecule has 1 aromatic heterocycles. The summed E-state index contributed by atoms with van der Waals surface area (Å²) >= 11 is 0. The van der Waals surface area contributed by atoms with Crippen molar-refractivity contribution < 1.29 is 35.1 Å². The first kappa shape index (κ1) is 27.4. The van der Waals surface area contributed by atoms with Gasteiger partial charge >= 0.3 is 16.3 Å². The monoisotopic (exact) mass is 524 g/mol. The van der Waals surface area contributed by atoms with E-state index < -0.39 is 33.7 Å². The van der Waals surface area contributed by atoms with Crippen molar-refractivity contribution in [1.82, 2.24) is 4.98 Å². The van der Waals surface area contributed by atoms with Gasteiger partial charge in [-0.3, -0.25) is 9.08 Å². The van der Waals surface area contributed by atoms with Crippen molar-refractivity contribution in [3.8, 4) is 0 Å². The molecule has 0 saturated carbocycles. The van der Waals surface area contributed by atoms with Crippen molar-refractivity contribution >= 4 is 32.7 Å². The number of nitrogens with zero attached hydrogens (tertiary/aromatic N) is 2. The van der Waals surface area contributed by atoms with Crippen molar-refractivity contribution in [1.29, 1.82) is 0 Å². The first-order valence-electron chi connectivity index (χ1n) is 11.3. The van der Waals surface area contributed by atoms with E-state index in [0.29, 0.717) is 11.1 Å². The molecule has 0 spiro atoms. The molecule has 0 saturated heterocycles. The molecule has 36 heavy (non-hydrogen) atoms. The predicted octanol–water partition coefficient (Wildman–Crippen LogP) is 6.44. The van der Waals surface area contributed by atoms with Crippen LogP contribution in [0.25, 0.3) is 11.1 Å². The number of hydrogen-bond acceptors (Lipinski definition) is 7. The van der Waals surface area contributed by atoms with Gasteiger partial charge in [0.25, 0.3) is 11.7 Å². The lowest BCUT2D eigenvalue weighted by Crippen LogP contribution is -2.32. The zero-order chi connectivity index (χ0) is 27.0. The Labute approximate surface area is 207 Å². The Morgan fingerprint density at radius 2 is 1.53 bits per heavy atom. The minimum Gasteiger partial charge on any atom is -0.435 e. The highest BCUT2D eigenvalue weighted by Gasteiger charge is 2.45. The molecule has 0 N–H and O–H groups in total. The van der Waals surface area contributed by atoms with Gasteiger partial charge < -0.3 is 4.42 Å². The molecule has 1 heterocycles. The summed E-state index contributed by atoms with van der Waals surface area (Å²) in [4.78, 5) is 15.8. The standard InChI is InChI=1S/C25H27F3N2O5S/c1-13(2)16-11-17(14(3)4)22(18(12-16)15(5)6)36(32,33)35-30-21(23(31)25(26,27)28)24-29-19-9-7-8-10-20(19)34-24/h7-15H,1-6H3/b30-21+. The van der Waals surface area contributed by atoms with Gasteiger partial charge in [0.15, 0.2) is 5.58 Å². The van der Waals surface area contributed by atoms with Gasteiger partial charge in [-0.2, -0.15) is 21.6 Å². The third-order valence-corrected chi connectivity index (χ3v) is 6.77. The van der Waals surface area contributed by atoms with E-state index in [1.165, 1.54) is 12.1 Å². The second-order valence-electron chi connectivity index (χ2n) is 9.27. The summed E-state index contributed by atoms with van der Waals surface area (Å²) in [5, 5.41) is 3.16. The molecule has 0 aliphatic carbocycles. The SMILES string of the molecule is CC(C)c1cc(C(C)C)c(S(=O)(=O)O/N=C(\C(=O)C(F)(F)F)c2nc3ccccc3o2)c(C(C)C)c1. The highest BCUT2D eigenvalue weighted by atomic mass is 32.2. The van der Waals surface area contributed by atoms with E-state index in [4.69, 9.17) is 8.70 Å². The third kappa shape index (κ3) is 5.61. The van der Waals surface area contributed by atoms with Crippen molar-refractivity contribution in [2.24, 2.45) is 5.16 Å². The third-order valence-electron chi connectivity index (χ3n) is 5.53. The van der Waals surface area contributed by atoms with Gasteiger partial charge in [-0.25, -0.2) is 4.98 Å². The molecule has 11 heteroatoms. The molecular formula is C25H27F3N2O5S. The largest absolute Gasteiger partial charge is 0.456 e. The van der Waals surface area contributed by atoms with E-state index in [1.54, 1.807) is 52.0 Å². The average molecular weight is 525 g/mol. The Morgan fingerprint density at radius 3 is 2.00 bits per heavy atom. The number of oxime groups is 1. The fourth-order valence-electron chi connectivity index (χ4n) is 3.59. The van der Waals surface area contributed by atoms with Crippen LogP contribution in [-0.4, -0.2) is 31.1 Å². The summed E-state index contributed by atoms with van der Waals surface area (Å²) in [6.07, 6.45) is -5.38. The fraction of sp³-hybridized carbons (Fsp3) is 0.400.